The number of guanidine groups is 1. The number of aryl methyl sites for hydroxylation is 1. The van der Waals surface area contributed by atoms with Gasteiger partial charge in [0.2, 0.25) is 5.91 Å². The summed E-state index contributed by atoms with van der Waals surface area (Å²) in [5, 5.41) is 9.14. The van der Waals surface area contributed by atoms with E-state index in [-0.39, 0.29) is 36.4 Å². The number of hydrogen-bond donors (Lipinski definition) is 3. The van der Waals surface area contributed by atoms with Crippen molar-refractivity contribution in [3.63, 3.8) is 0 Å². The molecule has 0 aliphatic carbocycles. The lowest BCUT2D eigenvalue weighted by Gasteiger charge is -2.12. The van der Waals surface area contributed by atoms with Crippen LogP contribution in [-0.2, 0) is 11.3 Å². The zero-order chi connectivity index (χ0) is 20.9. The Morgan fingerprint density at radius 1 is 0.967 bits per heavy atom. The monoisotopic (exact) mass is 526 g/mol. The molecule has 7 nitrogen and oxygen atoms in total. The lowest BCUT2D eigenvalue weighted by atomic mass is 10.2. The molecule has 0 aliphatic heterocycles. The Hall–Kier alpha value is -2.49. The van der Waals surface area contributed by atoms with E-state index in [4.69, 9.17) is 9.47 Å². The molecule has 2 aromatic carbocycles. The van der Waals surface area contributed by atoms with Crippen LogP contribution in [0.1, 0.15) is 18.1 Å². The summed E-state index contributed by atoms with van der Waals surface area (Å²) in [7, 11) is 1.62. The minimum Gasteiger partial charge on any atom is -0.497 e. The number of amides is 1. The van der Waals surface area contributed by atoms with Gasteiger partial charge in [-0.1, -0.05) is 29.8 Å². The van der Waals surface area contributed by atoms with E-state index in [2.05, 4.69) is 20.9 Å². The van der Waals surface area contributed by atoms with Crippen LogP contribution in [0.4, 0.5) is 0 Å². The van der Waals surface area contributed by atoms with Gasteiger partial charge in [-0.2, -0.15) is 0 Å². The number of aliphatic imine (C=N–C) groups is 1. The average molecular weight is 526 g/mol. The predicted octanol–water partition coefficient (Wildman–Crippen LogP) is 2.87. The van der Waals surface area contributed by atoms with Crippen molar-refractivity contribution in [2.45, 2.75) is 20.4 Å². The second-order valence-corrected chi connectivity index (χ2v) is 6.41. The molecule has 0 atom stereocenters. The van der Waals surface area contributed by atoms with Gasteiger partial charge in [0.15, 0.2) is 5.96 Å². The molecular formula is C22H31IN4O3. The van der Waals surface area contributed by atoms with E-state index in [1.807, 2.05) is 62.4 Å². The van der Waals surface area contributed by atoms with Crippen LogP contribution in [0.15, 0.2) is 53.5 Å². The summed E-state index contributed by atoms with van der Waals surface area (Å²) in [4.78, 5) is 16.4. The standard InChI is InChI=1S/C22H30N4O3.HI/c1-4-23-22(24-13-14-29-20-9-5-17(2)6-10-20)26-16-21(27)25-15-18-7-11-19(28-3)12-8-18;/h5-12H,4,13-16H2,1-3H3,(H,25,27)(H2,23,24,26);1H. The maximum atomic E-state index is 12.1. The Morgan fingerprint density at radius 2 is 1.63 bits per heavy atom. The van der Waals surface area contributed by atoms with Crippen molar-refractivity contribution in [3.8, 4) is 11.5 Å². The SMILES string of the molecule is CCNC(=NCC(=O)NCc1ccc(OC)cc1)NCCOc1ccc(C)cc1.I. The van der Waals surface area contributed by atoms with Crippen molar-refractivity contribution in [3.05, 3.63) is 59.7 Å². The summed E-state index contributed by atoms with van der Waals surface area (Å²) in [6.45, 7) is 6.29. The molecule has 0 aromatic heterocycles. The van der Waals surface area contributed by atoms with Gasteiger partial charge in [-0.25, -0.2) is 4.99 Å². The molecule has 0 saturated heterocycles. The van der Waals surface area contributed by atoms with E-state index in [1.165, 1.54) is 5.56 Å². The first-order valence-electron chi connectivity index (χ1n) is 9.72. The number of carbonyl (C=O) groups excluding carboxylic acids is 1. The summed E-state index contributed by atoms with van der Waals surface area (Å²) >= 11 is 0. The molecule has 0 bridgehead atoms. The van der Waals surface area contributed by atoms with Crippen LogP contribution in [0.3, 0.4) is 0 Å². The summed E-state index contributed by atoms with van der Waals surface area (Å²) in [5.74, 6) is 2.06. The Bertz CT molecular complexity index is 780. The maximum Gasteiger partial charge on any atom is 0.242 e. The molecule has 0 heterocycles. The molecule has 30 heavy (non-hydrogen) atoms. The highest BCUT2D eigenvalue weighted by Gasteiger charge is 2.03. The Labute approximate surface area is 195 Å². The lowest BCUT2D eigenvalue weighted by molar-refractivity contribution is -0.119. The number of nitrogens with one attached hydrogen (secondary N) is 3. The smallest absolute Gasteiger partial charge is 0.242 e. The summed E-state index contributed by atoms with van der Waals surface area (Å²) in [5.41, 5.74) is 2.20. The first kappa shape index (κ1) is 25.5. The topological polar surface area (TPSA) is 84.0 Å². The number of methoxy groups -OCH3 is 1. The van der Waals surface area contributed by atoms with Crippen molar-refractivity contribution in [2.24, 2.45) is 4.99 Å². The molecule has 2 aromatic rings. The molecule has 0 aliphatic rings. The van der Waals surface area contributed by atoms with Crippen molar-refractivity contribution in [1.82, 2.24) is 16.0 Å². The lowest BCUT2D eigenvalue weighted by Crippen LogP contribution is -2.40. The number of benzene rings is 2. The molecule has 2 rings (SSSR count). The zero-order valence-electron chi connectivity index (χ0n) is 17.7. The van der Waals surface area contributed by atoms with Crippen LogP contribution in [0.5, 0.6) is 11.5 Å². The van der Waals surface area contributed by atoms with E-state index in [0.29, 0.717) is 32.2 Å². The van der Waals surface area contributed by atoms with Crippen LogP contribution in [0.25, 0.3) is 0 Å². The highest BCUT2D eigenvalue weighted by atomic mass is 127. The third kappa shape index (κ3) is 9.82. The molecule has 0 spiro atoms. The van der Waals surface area contributed by atoms with E-state index in [1.54, 1.807) is 7.11 Å². The Morgan fingerprint density at radius 3 is 2.27 bits per heavy atom. The number of rotatable bonds is 10. The first-order chi connectivity index (χ1) is 14.1. The molecule has 0 fully saturated rings. The summed E-state index contributed by atoms with van der Waals surface area (Å²) < 4.78 is 10.8. The van der Waals surface area contributed by atoms with Crippen molar-refractivity contribution in [2.75, 3.05) is 33.4 Å². The third-order valence-electron chi connectivity index (χ3n) is 4.06. The van der Waals surface area contributed by atoms with Gasteiger partial charge < -0.3 is 25.4 Å². The van der Waals surface area contributed by atoms with E-state index in [9.17, 15) is 4.79 Å². The van der Waals surface area contributed by atoms with Crippen LogP contribution in [0, 0.1) is 6.92 Å². The van der Waals surface area contributed by atoms with Gasteiger partial charge in [0.25, 0.3) is 0 Å². The normalized spacial score (nSPS) is 10.6. The molecule has 1 amide bonds. The minimum absolute atomic E-state index is 0. The summed E-state index contributed by atoms with van der Waals surface area (Å²) in [6.07, 6.45) is 0. The minimum atomic E-state index is -0.145. The number of ether oxygens (including phenoxy) is 2. The van der Waals surface area contributed by atoms with Gasteiger partial charge >= 0.3 is 0 Å². The second-order valence-electron chi connectivity index (χ2n) is 6.41. The molecule has 3 N–H and O–H groups in total. The van der Waals surface area contributed by atoms with Crippen molar-refractivity contribution >= 4 is 35.8 Å². The zero-order valence-corrected chi connectivity index (χ0v) is 20.1. The highest BCUT2D eigenvalue weighted by Crippen LogP contribution is 2.11. The van der Waals surface area contributed by atoms with E-state index in [0.717, 1.165) is 17.1 Å². The van der Waals surface area contributed by atoms with Gasteiger partial charge in [0.05, 0.1) is 13.7 Å². The predicted molar refractivity (Wildman–Crippen MR) is 131 cm³/mol. The fraction of sp³-hybridized carbons (Fsp3) is 0.364. The Kier molecular flexibility index (Phi) is 12.3. The van der Waals surface area contributed by atoms with Gasteiger partial charge in [0.1, 0.15) is 24.7 Å². The molecule has 164 valence electrons. The third-order valence-corrected chi connectivity index (χ3v) is 4.06. The number of carbonyl (C=O) groups is 1. The molecule has 0 unspecified atom stereocenters. The largest absolute Gasteiger partial charge is 0.497 e. The van der Waals surface area contributed by atoms with Crippen LogP contribution >= 0.6 is 24.0 Å². The average Bonchev–Trinajstić information content (AvgIpc) is 2.75. The van der Waals surface area contributed by atoms with E-state index >= 15 is 0 Å². The van der Waals surface area contributed by atoms with Crippen molar-refractivity contribution < 1.29 is 14.3 Å². The number of hydrogen-bond acceptors (Lipinski definition) is 4. The summed E-state index contributed by atoms with van der Waals surface area (Å²) in [6, 6.07) is 15.5. The number of nitrogens with zero attached hydrogens (tertiary/aromatic N) is 1. The quantitative estimate of drug-likeness (QED) is 0.192. The van der Waals surface area contributed by atoms with Crippen molar-refractivity contribution in [1.29, 1.82) is 0 Å². The van der Waals surface area contributed by atoms with Gasteiger partial charge in [-0.3, -0.25) is 4.79 Å². The molecule has 0 radical (unpaired) electrons. The molecular weight excluding hydrogens is 495 g/mol. The van der Waals surface area contributed by atoms with Crippen LogP contribution in [-0.4, -0.2) is 45.2 Å². The molecule has 8 heteroatoms. The first-order valence-corrected chi connectivity index (χ1v) is 9.72. The number of halogens is 1. The van der Waals surface area contributed by atoms with E-state index < -0.39 is 0 Å². The highest BCUT2D eigenvalue weighted by molar-refractivity contribution is 14.0. The fourth-order valence-electron chi connectivity index (χ4n) is 2.47. The van der Waals surface area contributed by atoms with Gasteiger partial charge in [0, 0.05) is 13.1 Å². The second kappa shape index (κ2) is 14.5. The van der Waals surface area contributed by atoms with Gasteiger partial charge in [-0.15, -0.1) is 24.0 Å². The fourth-order valence-corrected chi connectivity index (χ4v) is 2.47. The van der Waals surface area contributed by atoms with Crippen LogP contribution in [0.2, 0.25) is 0 Å². The van der Waals surface area contributed by atoms with Crippen LogP contribution < -0.4 is 25.4 Å². The Balaban J connectivity index is 0.00000450. The molecule has 0 saturated carbocycles. The van der Waals surface area contributed by atoms with Gasteiger partial charge in [-0.05, 0) is 43.7 Å². The maximum absolute atomic E-state index is 12.1.